The van der Waals surface area contributed by atoms with Gasteiger partial charge in [-0.3, -0.25) is 9.69 Å². The van der Waals surface area contributed by atoms with Gasteiger partial charge in [-0.15, -0.1) is 0 Å². The highest BCUT2D eigenvalue weighted by molar-refractivity contribution is 6.38. The van der Waals surface area contributed by atoms with Gasteiger partial charge in [-0.1, -0.05) is 6.58 Å². The molecule has 0 unspecified atom stereocenters. The van der Waals surface area contributed by atoms with Gasteiger partial charge in [0.25, 0.3) is 5.91 Å². The number of nitrogens with one attached hydrogen (secondary N) is 2. The van der Waals surface area contributed by atoms with E-state index in [9.17, 15) is 4.79 Å². The van der Waals surface area contributed by atoms with E-state index in [4.69, 9.17) is 5.73 Å². The van der Waals surface area contributed by atoms with Crippen LogP contribution < -0.4 is 16.4 Å². The standard InChI is InChI=1S/C13H21N7O/c1-9-10(17-8-20-6-4-16-5-7-20)12(15-2)18-13(11(14)21)19(9)3/h16-17H,1-2,4-8H2,3H3,(H2,14,21). The lowest BCUT2D eigenvalue weighted by Crippen LogP contribution is -2.48. The molecule has 0 aromatic carbocycles. The first kappa shape index (κ1) is 15.2. The van der Waals surface area contributed by atoms with E-state index in [2.05, 4.69) is 38.8 Å². The third-order valence-corrected chi connectivity index (χ3v) is 3.51. The Morgan fingerprint density at radius 1 is 1.52 bits per heavy atom. The lowest BCUT2D eigenvalue weighted by molar-refractivity contribution is -0.112. The fourth-order valence-corrected chi connectivity index (χ4v) is 2.23. The van der Waals surface area contributed by atoms with Crippen molar-refractivity contribution in [3.63, 3.8) is 0 Å². The molecule has 21 heavy (non-hydrogen) atoms. The maximum absolute atomic E-state index is 11.4. The van der Waals surface area contributed by atoms with E-state index in [0.29, 0.717) is 23.9 Å². The van der Waals surface area contributed by atoms with Crippen molar-refractivity contribution in [2.75, 3.05) is 39.9 Å². The second-order valence-corrected chi connectivity index (χ2v) is 4.87. The third-order valence-electron chi connectivity index (χ3n) is 3.51. The zero-order chi connectivity index (χ0) is 15.4. The number of nitrogens with zero attached hydrogens (tertiary/aromatic N) is 4. The predicted octanol–water partition coefficient (Wildman–Crippen LogP) is -1.35. The van der Waals surface area contributed by atoms with Crippen molar-refractivity contribution in [1.82, 2.24) is 20.4 Å². The molecule has 0 aromatic heterocycles. The topological polar surface area (TPSA) is 98.4 Å². The van der Waals surface area contributed by atoms with Crippen molar-refractivity contribution >= 4 is 18.5 Å². The Balaban J connectivity index is 2.15. The van der Waals surface area contributed by atoms with Gasteiger partial charge < -0.3 is 21.3 Å². The molecule has 0 atom stereocenters. The normalized spacial score (nSPS) is 20.3. The molecule has 1 amide bonds. The second kappa shape index (κ2) is 6.51. The number of hydrogen-bond acceptors (Lipinski definition) is 7. The van der Waals surface area contributed by atoms with Crippen LogP contribution in [0.2, 0.25) is 0 Å². The van der Waals surface area contributed by atoms with Gasteiger partial charge >= 0.3 is 0 Å². The zero-order valence-electron chi connectivity index (χ0n) is 12.2. The van der Waals surface area contributed by atoms with Crippen LogP contribution in [0.25, 0.3) is 0 Å². The van der Waals surface area contributed by atoms with E-state index < -0.39 is 5.91 Å². The van der Waals surface area contributed by atoms with Crippen molar-refractivity contribution in [2.45, 2.75) is 0 Å². The molecule has 0 radical (unpaired) electrons. The highest BCUT2D eigenvalue weighted by Crippen LogP contribution is 2.22. The van der Waals surface area contributed by atoms with Gasteiger partial charge in [0, 0.05) is 33.2 Å². The van der Waals surface area contributed by atoms with Crippen molar-refractivity contribution in [3.8, 4) is 0 Å². The minimum Gasteiger partial charge on any atom is -0.368 e. The van der Waals surface area contributed by atoms with E-state index in [-0.39, 0.29) is 5.84 Å². The fourth-order valence-electron chi connectivity index (χ4n) is 2.23. The lowest BCUT2D eigenvalue weighted by atomic mass is 10.2. The fraction of sp³-hybridized carbons (Fsp3) is 0.462. The monoisotopic (exact) mass is 291 g/mol. The van der Waals surface area contributed by atoms with Gasteiger partial charge in [-0.05, 0) is 6.72 Å². The van der Waals surface area contributed by atoms with E-state index >= 15 is 0 Å². The zero-order valence-corrected chi connectivity index (χ0v) is 12.2. The second-order valence-electron chi connectivity index (χ2n) is 4.87. The van der Waals surface area contributed by atoms with E-state index in [0.717, 1.165) is 26.2 Å². The summed E-state index contributed by atoms with van der Waals surface area (Å²) in [7, 11) is 1.69. The highest BCUT2D eigenvalue weighted by Gasteiger charge is 2.26. The minimum absolute atomic E-state index is 0.107. The quantitative estimate of drug-likeness (QED) is 0.544. The van der Waals surface area contributed by atoms with Crippen LogP contribution in [-0.2, 0) is 4.79 Å². The molecule has 1 fully saturated rings. The van der Waals surface area contributed by atoms with Crippen LogP contribution in [0.15, 0.2) is 33.8 Å². The number of amides is 1. The van der Waals surface area contributed by atoms with Crippen LogP contribution in [0, 0.1) is 0 Å². The van der Waals surface area contributed by atoms with Crippen molar-refractivity contribution in [1.29, 1.82) is 0 Å². The first-order chi connectivity index (χ1) is 10.0. The van der Waals surface area contributed by atoms with Gasteiger partial charge in [0.2, 0.25) is 5.84 Å². The van der Waals surface area contributed by atoms with E-state index in [1.807, 2.05) is 0 Å². The number of carbonyl (C=O) groups excluding carboxylic acids is 1. The van der Waals surface area contributed by atoms with Gasteiger partial charge in [0.1, 0.15) is 5.70 Å². The average Bonchev–Trinajstić information content (AvgIpc) is 2.49. The number of likely N-dealkylation sites (N-methyl/N-ethyl adjacent to an activating group) is 1. The van der Waals surface area contributed by atoms with E-state index in [1.165, 1.54) is 0 Å². The summed E-state index contributed by atoms with van der Waals surface area (Å²) < 4.78 is 0. The summed E-state index contributed by atoms with van der Waals surface area (Å²) in [5.41, 5.74) is 6.56. The number of primary amides is 1. The molecule has 8 heteroatoms. The van der Waals surface area contributed by atoms with E-state index in [1.54, 1.807) is 11.9 Å². The number of aliphatic imine (C=N–C) groups is 2. The van der Waals surface area contributed by atoms with Crippen LogP contribution in [0.1, 0.15) is 0 Å². The first-order valence-electron chi connectivity index (χ1n) is 6.74. The summed E-state index contributed by atoms with van der Waals surface area (Å²) in [4.78, 5) is 23.2. The van der Waals surface area contributed by atoms with Gasteiger partial charge in [-0.25, -0.2) is 9.98 Å². The first-order valence-corrected chi connectivity index (χ1v) is 6.74. The Labute approximate surface area is 124 Å². The molecule has 2 heterocycles. The van der Waals surface area contributed by atoms with Crippen molar-refractivity contribution in [3.05, 3.63) is 23.8 Å². The van der Waals surface area contributed by atoms with Crippen LogP contribution in [0.5, 0.6) is 0 Å². The maximum atomic E-state index is 11.4. The van der Waals surface area contributed by atoms with Crippen molar-refractivity contribution < 1.29 is 4.79 Å². The minimum atomic E-state index is -0.624. The molecule has 0 aromatic rings. The largest absolute Gasteiger partial charge is 0.368 e. The molecule has 114 valence electrons. The SMILES string of the molecule is C=NC1=C(NCN2CCNCC2)C(=C)N(C)C(C(N)=O)=N1. The van der Waals surface area contributed by atoms with Crippen LogP contribution in [-0.4, -0.2) is 68.2 Å². The maximum Gasteiger partial charge on any atom is 0.284 e. The molecule has 4 N–H and O–H groups in total. The molecule has 0 saturated carbocycles. The Morgan fingerprint density at radius 3 is 2.76 bits per heavy atom. The third kappa shape index (κ3) is 3.29. The van der Waals surface area contributed by atoms with Crippen LogP contribution in [0.3, 0.4) is 0 Å². The number of rotatable bonds is 5. The molecule has 0 aliphatic carbocycles. The summed E-state index contributed by atoms with van der Waals surface area (Å²) in [6.45, 7) is 12.0. The van der Waals surface area contributed by atoms with Crippen molar-refractivity contribution in [2.24, 2.45) is 15.7 Å². The molecular weight excluding hydrogens is 270 g/mol. The lowest BCUT2D eigenvalue weighted by Gasteiger charge is -2.32. The Kier molecular flexibility index (Phi) is 4.71. The van der Waals surface area contributed by atoms with Crippen LogP contribution >= 0.6 is 0 Å². The molecule has 8 nitrogen and oxygen atoms in total. The Morgan fingerprint density at radius 2 is 2.19 bits per heavy atom. The molecule has 2 rings (SSSR count). The summed E-state index contributed by atoms with van der Waals surface area (Å²) >= 11 is 0. The summed E-state index contributed by atoms with van der Waals surface area (Å²) in [5.74, 6) is -0.182. The number of piperazine rings is 1. The number of carbonyl (C=O) groups is 1. The molecule has 1 saturated heterocycles. The highest BCUT2D eigenvalue weighted by atomic mass is 16.1. The average molecular weight is 291 g/mol. The number of hydrogen-bond donors (Lipinski definition) is 3. The summed E-state index contributed by atoms with van der Waals surface area (Å²) in [6.07, 6.45) is 0. The molecule has 2 aliphatic rings. The molecule has 0 bridgehead atoms. The van der Waals surface area contributed by atoms with Gasteiger partial charge in [0.05, 0.1) is 12.4 Å². The smallest absolute Gasteiger partial charge is 0.284 e. The summed E-state index contributed by atoms with van der Waals surface area (Å²) in [5, 5.41) is 6.57. The molecular formula is C13H21N7O. The number of nitrogens with two attached hydrogens (primary N) is 1. The van der Waals surface area contributed by atoms with Gasteiger partial charge in [0.15, 0.2) is 5.82 Å². The summed E-state index contributed by atoms with van der Waals surface area (Å²) in [6, 6.07) is 0. The Hall–Kier alpha value is -2.19. The Bertz CT molecular complexity index is 517. The molecule has 0 spiro atoms. The molecule has 2 aliphatic heterocycles. The number of amidine groups is 1. The van der Waals surface area contributed by atoms with Crippen LogP contribution in [0.4, 0.5) is 0 Å². The van der Waals surface area contributed by atoms with Gasteiger partial charge in [-0.2, -0.15) is 0 Å². The predicted molar refractivity (Wildman–Crippen MR) is 82.6 cm³/mol.